The van der Waals surface area contributed by atoms with Gasteiger partial charge in [-0.3, -0.25) is 0 Å². The lowest BCUT2D eigenvalue weighted by Crippen LogP contribution is -2.02. The molecule has 0 fully saturated rings. The lowest BCUT2D eigenvalue weighted by molar-refractivity contribution is 0.219. The van der Waals surface area contributed by atoms with Crippen molar-refractivity contribution in [3.63, 3.8) is 0 Å². The Bertz CT molecular complexity index is 517. The molecule has 0 amide bonds. The molecule has 0 aromatic heterocycles. The topological polar surface area (TPSA) is 20.2 Å². The van der Waals surface area contributed by atoms with Crippen LogP contribution < -0.4 is 0 Å². The van der Waals surface area contributed by atoms with E-state index < -0.39 is 6.10 Å². The summed E-state index contributed by atoms with van der Waals surface area (Å²) in [6.45, 7) is 4.09. The quantitative estimate of drug-likeness (QED) is 0.881. The minimum absolute atomic E-state index is 0.552. The molecule has 2 rings (SSSR count). The second-order valence-electron chi connectivity index (χ2n) is 4.31. The van der Waals surface area contributed by atoms with E-state index in [9.17, 15) is 5.11 Å². The molecule has 1 atom stereocenters. The number of aliphatic hydroxyl groups is 1. The van der Waals surface area contributed by atoms with E-state index in [1.165, 1.54) is 5.56 Å². The zero-order valence-corrected chi connectivity index (χ0v) is 11.5. The molecule has 0 saturated carbocycles. The van der Waals surface area contributed by atoms with Crippen molar-refractivity contribution in [2.24, 2.45) is 0 Å². The van der Waals surface area contributed by atoms with Crippen molar-refractivity contribution in [3.8, 4) is 0 Å². The lowest BCUT2D eigenvalue weighted by Gasteiger charge is -2.14. The Balaban J connectivity index is 2.36. The maximum absolute atomic E-state index is 10.3. The Labute approximate surface area is 110 Å². The Morgan fingerprint density at radius 3 is 2.24 bits per heavy atom. The predicted octanol–water partition coefficient (Wildman–Crippen LogP) is 4.15. The Morgan fingerprint density at radius 2 is 1.65 bits per heavy atom. The Hall–Kier alpha value is -1.12. The fourth-order valence-corrected chi connectivity index (χ4v) is 2.22. The van der Waals surface area contributed by atoms with E-state index in [0.717, 1.165) is 21.2 Å². The van der Waals surface area contributed by atoms with E-state index in [-0.39, 0.29) is 0 Å². The zero-order valence-electron chi connectivity index (χ0n) is 9.94. The van der Waals surface area contributed by atoms with Crippen molar-refractivity contribution in [1.82, 2.24) is 0 Å². The maximum Gasteiger partial charge on any atom is 0.104 e. The molecule has 0 aliphatic rings. The third-order valence-electron chi connectivity index (χ3n) is 2.91. The number of hydrogen-bond donors (Lipinski definition) is 1. The monoisotopic (exact) mass is 290 g/mol. The highest BCUT2D eigenvalue weighted by Crippen LogP contribution is 2.26. The van der Waals surface area contributed by atoms with Gasteiger partial charge in [-0.2, -0.15) is 0 Å². The summed E-state index contributed by atoms with van der Waals surface area (Å²) in [5, 5.41) is 10.3. The second-order valence-corrected chi connectivity index (χ2v) is 5.23. The van der Waals surface area contributed by atoms with Gasteiger partial charge in [-0.05, 0) is 42.7 Å². The van der Waals surface area contributed by atoms with Gasteiger partial charge in [0.2, 0.25) is 0 Å². The molecule has 0 spiro atoms. The van der Waals surface area contributed by atoms with Crippen LogP contribution >= 0.6 is 15.9 Å². The summed E-state index contributed by atoms with van der Waals surface area (Å²) in [6.07, 6.45) is -0.552. The fourth-order valence-electron chi connectivity index (χ4n) is 1.96. The van der Waals surface area contributed by atoms with Crippen LogP contribution in [-0.2, 0) is 0 Å². The molecule has 2 aromatic rings. The first kappa shape index (κ1) is 12.3. The van der Waals surface area contributed by atoms with Crippen molar-refractivity contribution in [2.45, 2.75) is 20.0 Å². The van der Waals surface area contributed by atoms with Crippen LogP contribution in [0.25, 0.3) is 0 Å². The van der Waals surface area contributed by atoms with Crippen LogP contribution in [0.3, 0.4) is 0 Å². The normalized spacial score (nSPS) is 12.5. The number of benzene rings is 2. The molecule has 0 radical (unpaired) electrons. The SMILES string of the molecule is Cc1ccc([C@@H](O)c2ccc(Br)cc2)c(C)c1. The standard InChI is InChI=1S/C15H15BrO/c1-10-3-8-14(11(2)9-10)15(17)12-4-6-13(16)7-5-12/h3-9,15,17H,1-2H3/t15-/m0/s1. The molecule has 1 N–H and O–H groups in total. The largest absolute Gasteiger partial charge is 0.384 e. The Morgan fingerprint density at radius 1 is 1.00 bits per heavy atom. The number of hydrogen-bond acceptors (Lipinski definition) is 1. The molecule has 2 aromatic carbocycles. The summed E-state index contributed by atoms with van der Waals surface area (Å²) in [5.41, 5.74) is 4.23. The summed E-state index contributed by atoms with van der Waals surface area (Å²) in [4.78, 5) is 0. The van der Waals surface area contributed by atoms with Gasteiger partial charge in [0.25, 0.3) is 0 Å². The van der Waals surface area contributed by atoms with Crippen LogP contribution in [-0.4, -0.2) is 5.11 Å². The molecule has 0 aliphatic carbocycles. The molecule has 0 saturated heterocycles. The molecule has 17 heavy (non-hydrogen) atoms. The van der Waals surface area contributed by atoms with Gasteiger partial charge in [-0.1, -0.05) is 51.8 Å². The smallest absolute Gasteiger partial charge is 0.104 e. The number of halogens is 1. The van der Waals surface area contributed by atoms with Gasteiger partial charge in [-0.15, -0.1) is 0 Å². The van der Waals surface area contributed by atoms with Gasteiger partial charge in [0.1, 0.15) is 6.10 Å². The highest BCUT2D eigenvalue weighted by atomic mass is 79.9. The molecule has 88 valence electrons. The molecule has 0 bridgehead atoms. The predicted molar refractivity (Wildman–Crippen MR) is 74.1 cm³/mol. The van der Waals surface area contributed by atoms with Crippen molar-refractivity contribution < 1.29 is 5.11 Å². The maximum atomic E-state index is 10.3. The first-order valence-corrected chi connectivity index (χ1v) is 6.38. The number of aliphatic hydroxyl groups excluding tert-OH is 1. The highest BCUT2D eigenvalue weighted by molar-refractivity contribution is 9.10. The van der Waals surface area contributed by atoms with Crippen LogP contribution in [0.1, 0.15) is 28.4 Å². The first-order valence-electron chi connectivity index (χ1n) is 5.58. The molecule has 0 heterocycles. The minimum atomic E-state index is -0.552. The summed E-state index contributed by atoms with van der Waals surface area (Å²) < 4.78 is 1.02. The van der Waals surface area contributed by atoms with E-state index in [4.69, 9.17) is 0 Å². The molecular weight excluding hydrogens is 276 g/mol. The van der Waals surface area contributed by atoms with Crippen molar-refractivity contribution >= 4 is 15.9 Å². The number of aryl methyl sites for hydroxylation is 2. The Kier molecular flexibility index (Phi) is 3.65. The van der Waals surface area contributed by atoms with Gasteiger partial charge in [-0.25, -0.2) is 0 Å². The molecule has 2 heteroatoms. The molecular formula is C15H15BrO. The average Bonchev–Trinajstić information content (AvgIpc) is 2.29. The van der Waals surface area contributed by atoms with Crippen LogP contribution in [0.5, 0.6) is 0 Å². The van der Waals surface area contributed by atoms with Crippen LogP contribution in [0.2, 0.25) is 0 Å². The van der Waals surface area contributed by atoms with Crippen molar-refractivity contribution in [1.29, 1.82) is 0 Å². The van der Waals surface area contributed by atoms with Crippen molar-refractivity contribution in [2.75, 3.05) is 0 Å². The summed E-state index contributed by atoms with van der Waals surface area (Å²) in [5.74, 6) is 0. The van der Waals surface area contributed by atoms with E-state index >= 15 is 0 Å². The minimum Gasteiger partial charge on any atom is -0.384 e. The van der Waals surface area contributed by atoms with Crippen LogP contribution in [0, 0.1) is 13.8 Å². The van der Waals surface area contributed by atoms with Gasteiger partial charge >= 0.3 is 0 Å². The molecule has 0 unspecified atom stereocenters. The van der Waals surface area contributed by atoms with Crippen LogP contribution in [0.4, 0.5) is 0 Å². The zero-order chi connectivity index (χ0) is 12.4. The highest BCUT2D eigenvalue weighted by Gasteiger charge is 2.12. The van der Waals surface area contributed by atoms with Crippen molar-refractivity contribution in [3.05, 3.63) is 69.2 Å². The molecule has 1 nitrogen and oxygen atoms in total. The first-order chi connectivity index (χ1) is 8.08. The third kappa shape index (κ3) is 2.76. The second kappa shape index (κ2) is 5.03. The average molecular weight is 291 g/mol. The fraction of sp³-hybridized carbons (Fsp3) is 0.200. The summed E-state index contributed by atoms with van der Waals surface area (Å²) in [7, 11) is 0. The van der Waals surface area contributed by atoms with E-state index in [1.54, 1.807) is 0 Å². The molecule has 0 aliphatic heterocycles. The summed E-state index contributed by atoms with van der Waals surface area (Å²) >= 11 is 3.39. The van der Waals surface area contributed by atoms with E-state index in [2.05, 4.69) is 28.9 Å². The van der Waals surface area contributed by atoms with E-state index in [1.807, 2.05) is 43.3 Å². The summed E-state index contributed by atoms with van der Waals surface area (Å²) in [6, 6.07) is 13.9. The van der Waals surface area contributed by atoms with Crippen LogP contribution in [0.15, 0.2) is 46.9 Å². The number of rotatable bonds is 2. The van der Waals surface area contributed by atoms with Gasteiger partial charge in [0.15, 0.2) is 0 Å². The van der Waals surface area contributed by atoms with Gasteiger partial charge in [0, 0.05) is 4.47 Å². The van der Waals surface area contributed by atoms with Gasteiger partial charge in [0.05, 0.1) is 0 Å². The third-order valence-corrected chi connectivity index (χ3v) is 3.43. The van der Waals surface area contributed by atoms with Gasteiger partial charge < -0.3 is 5.11 Å². The lowest BCUT2D eigenvalue weighted by atomic mass is 9.96. The van der Waals surface area contributed by atoms with E-state index in [0.29, 0.717) is 0 Å².